The van der Waals surface area contributed by atoms with Crippen LogP contribution in [0.1, 0.15) is 25.7 Å². The average Bonchev–Trinajstić information content (AvgIpc) is 2.72. The van der Waals surface area contributed by atoms with Crippen LogP contribution in [-0.4, -0.2) is 54.9 Å². The molecule has 6 heteroatoms. The van der Waals surface area contributed by atoms with Gasteiger partial charge in [0.1, 0.15) is 12.4 Å². The number of hydrogen-bond acceptors (Lipinski definition) is 3. The lowest BCUT2D eigenvalue weighted by atomic mass is 10.2. The highest BCUT2D eigenvalue weighted by molar-refractivity contribution is 6.30. The second-order valence-corrected chi connectivity index (χ2v) is 6.18. The van der Waals surface area contributed by atoms with E-state index in [1.807, 2.05) is 12.1 Å². The van der Waals surface area contributed by atoms with Crippen LogP contribution in [0.15, 0.2) is 24.3 Å². The lowest BCUT2D eigenvalue weighted by Gasteiger charge is -2.24. The van der Waals surface area contributed by atoms with Crippen LogP contribution in [-0.2, 0) is 9.59 Å². The molecule has 5 nitrogen and oxygen atoms in total. The molecule has 1 saturated heterocycles. The van der Waals surface area contributed by atoms with E-state index in [4.69, 9.17) is 16.3 Å². The summed E-state index contributed by atoms with van der Waals surface area (Å²) in [6, 6.07) is 7.16. The average molecular weight is 339 g/mol. The maximum atomic E-state index is 12.2. The van der Waals surface area contributed by atoms with Gasteiger partial charge in [-0.2, -0.15) is 0 Å². The second kappa shape index (κ2) is 8.77. The molecule has 0 atom stereocenters. The fourth-order valence-electron chi connectivity index (χ4n) is 2.47. The van der Waals surface area contributed by atoms with E-state index in [0.29, 0.717) is 36.9 Å². The minimum atomic E-state index is -0.0602. The standard InChI is InChI=1S/C17H23ClN2O3/c1-19(10-11-23-15-7-5-6-14(18)12-15)17(22)13-20-9-4-2-3-8-16(20)21/h5-7,12H,2-4,8-11,13H2,1H3. The maximum absolute atomic E-state index is 12.2. The molecule has 2 amide bonds. The van der Waals surface area contributed by atoms with Crippen molar-refractivity contribution >= 4 is 23.4 Å². The zero-order valence-corrected chi connectivity index (χ0v) is 14.2. The molecule has 1 heterocycles. The highest BCUT2D eigenvalue weighted by atomic mass is 35.5. The van der Waals surface area contributed by atoms with Crippen molar-refractivity contribution in [3.63, 3.8) is 0 Å². The van der Waals surface area contributed by atoms with Gasteiger partial charge in [0.05, 0.1) is 13.1 Å². The monoisotopic (exact) mass is 338 g/mol. The first-order chi connectivity index (χ1) is 11.1. The molecule has 0 saturated carbocycles. The Hall–Kier alpha value is -1.75. The molecule has 1 aliphatic rings. The van der Waals surface area contributed by atoms with Crippen molar-refractivity contribution in [2.75, 3.05) is 33.3 Å². The van der Waals surface area contributed by atoms with Crippen molar-refractivity contribution in [3.05, 3.63) is 29.3 Å². The van der Waals surface area contributed by atoms with Gasteiger partial charge in [0.2, 0.25) is 11.8 Å². The van der Waals surface area contributed by atoms with Crippen molar-refractivity contribution in [2.24, 2.45) is 0 Å². The van der Waals surface area contributed by atoms with E-state index in [9.17, 15) is 9.59 Å². The van der Waals surface area contributed by atoms with E-state index in [1.165, 1.54) is 0 Å². The van der Waals surface area contributed by atoms with Crippen LogP contribution < -0.4 is 4.74 Å². The molecule has 2 rings (SSSR count). The summed E-state index contributed by atoms with van der Waals surface area (Å²) < 4.78 is 5.58. The molecule has 126 valence electrons. The fourth-order valence-corrected chi connectivity index (χ4v) is 2.65. The fraction of sp³-hybridized carbons (Fsp3) is 0.529. The summed E-state index contributed by atoms with van der Waals surface area (Å²) in [5, 5.41) is 0.617. The molecule has 0 unspecified atom stereocenters. The number of likely N-dealkylation sites (tertiary alicyclic amines) is 1. The largest absolute Gasteiger partial charge is 0.492 e. The predicted molar refractivity (Wildman–Crippen MR) is 89.6 cm³/mol. The van der Waals surface area contributed by atoms with Gasteiger partial charge < -0.3 is 14.5 Å². The van der Waals surface area contributed by atoms with Crippen LogP contribution >= 0.6 is 11.6 Å². The zero-order valence-electron chi connectivity index (χ0n) is 13.5. The summed E-state index contributed by atoms with van der Waals surface area (Å²) in [5.41, 5.74) is 0. The normalized spacial score (nSPS) is 15.2. The number of halogens is 1. The number of amides is 2. The van der Waals surface area contributed by atoms with Crippen molar-refractivity contribution in [2.45, 2.75) is 25.7 Å². The van der Waals surface area contributed by atoms with E-state index in [1.54, 1.807) is 29.0 Å². The third-order valence-electron chi connectivity index (χ3n) is 3.91. The molecular weight excluding hydrogens is 316 g/mol. The predicted octanol–water partition coefficient (Wildman–Crippen LogP) is 2.58. The van der Waals surface area contributed by atoms with Crippen LogP contribution in [0.3, 0.4) is 0 Å². The van der Waals surface area contributed by atoms with E-state index in [0.717, 1.165) is 19.3 Å². The second-order valence-electron chi connectivity index (χ2n) is 5.75. The summed E-state index contributed by atoms with van der Waals surface area (Å²) in [6.07, 6.45) is 3.50. The van der Waals surface area contributed by atoms with Crippen molar-refractivity contribution < 1.29 is 14.3 Å². The molecule has 1 aromatic rings. The number of carbonyl (C=O) groups is 2. The third kappa shape index (κ3) is 5.75. The third-order valence-corrected chi connectivity index (χ3v) is 4.15. The Labute approximate surface area is 142 Å². The smallest absolute Gasteiger partial charge is 0.242 e. The van der Waals surface area contributed by atoms with E-state index in [2.05, 4.69) is 0 Å². The number of likely N-dealkylation sites (N-methyl/N-ethyl adjacent to an activating group) is 1. The Balaban J connectivity index is 1.75. The first kappa shape index (κ1) is 17.6. The summed E-state index contributed by atoms with van der Waals surface area (Å²) in [7, 11) is 1.73. The topological polar surface area (TPSA) is 49.9 Å². The molecule has 0 N–H and O–H groups in total. The number of hydrogen-bond donors (Lipinski definition) is 0. The van der Waals surface area contributed by atoms with Gasteiger partial charge in [0, 0.05) is 25.0 Å². The van der Waals surface area contributed by atoms with Crippen molar-refractivity contribution in [3.8, 4) is 5.75 Å². The Bertz CT molecular complexity index is 550. The van der Waals surface area contributed by atoms with Gasteiger partial charge in [-0.15, -0.1) is 0 Å². The minimum absolute atomic E-state index is 0.0602. The van der Waals surface area contributed by atoms with Crippen molar-refractivity contribution in [1.82, 2.24) is 9.80 Å². The van der Waals surface area contributed by atoms with E-state index >= 15 is 0 Å². The van der Waals surface area contributed by atoms with Gasteiger partial charge in [-0.3, -0.25) is 9.59 Å². The summed E-state index contributed by atoms with van der Waals surface area (Å²) in [6.45, 7) is 1.69. The maximum Gasteiger partial charge on any atom is 0.242 e. The molecule has 0 radical (unpaired) electrons. The molecule has 1 aliphatic heterocycles. The highest BCUT2D eigenvalue weighted by Crippen LogP contribution is 2.17. The Kier molecular flexibility index (Phi) is 6.71. The number of ether oxygens (including phenoxy) is 1. The molecule has 1 fully saturated rings. The number of carbonyl (C=O) groups excluding carboxylic acids is 2. The lowest BCUT2D eigenvalue weighted by Crippen LogP contribution is -2.42. The van der Waals surface area contributed by atoms with Gasteiger partial charge in [0.25, 0.3) is 0 Å². The zero-order chi connectivity index (χ0) is 16.7. The molecule has 0 aliphatic carbocycles. The van der Waals surface area contributed by atoms with Gasteiger partial charge in [-0.25, -0.2) is 0 Å². The molecule has 0 spiro atoms. The summed E-state index contributed by atoms with van der Waals surface area (Å²) in [4.78, 5) is 27.4. The summed E-state index contributed by atoms with van der Waals surface area (Å²) in [5.74, 6) is 0.704. The first-order valence-corrected chi connectivity index (χ1v) is 8.34. The molecule has 0 bridgehead atoms. The Morgan fingerprint density at radius 2 is 2.17 bits per heavy atom. The van der Waals surface area contributed by atoms with Crippen LogP contribution in [0, 0.1) is 0 Å². The van der Waals surface area contributed by atoms with Crippen LogP contribution in [0.4, 0.5) is 0 Å². The molecule has 1 aromatic carbocycles. The Morgan fingerprint density at radius 3 is 2.96 bits per heavy atom. The van der Waals surface area contributed by atoms with Crippen LogP contribution in [0.25, 0.3) is 0 Å². The minimum Gasteiger partial charge on any atom is -0.492 e. The van der Waals surface area contributed by atoms with Gasteiger partial charge in [-0.05, 0) is 31.0 Å². The van der Waals surface area contributed by atoms with E-state index < -0.39 is 0 Å². The highest BCUT2D eigenvalue weighted by Gasteiger charge is 2.20. The number of rotatable bonds is 6. The van der Waals surface area contributed by atoms with Gasteiger partial charge >= 0.3 is 0 Å². The van der Waals surface area contributed by atoms with Crippen LogP contribution in [0.5, 0.6) is 5.75 Å². The van der Waals surface area contributed by atoms with E-state index in [-0.39, 0.29) is 18.4 Å². The number of nitrogens with zero attached hydrogens (tertiary/aromatic N) is 2. The van der Waals surface area contributed by atoms with Gasteiger partial charge in [0.15, 0.2) is 0 Å². The van der Waals surface area contributed by atoms with Gasteiger partial charge in [-0.1, -0.05) is 24.1 Å². The van der Waals surface area contributed by atoms with Crippen molar-refractivity contribution in [1.29, 1.82) is 0 Å². The molecule has 23 heavy (non-hydrogen) atoms. The lowest BCUT2D eigenvalue weighted by molar-refractivity contribution is -0.139. The summed E-state index contributed by atoms with van der Waals surface area (Å²) >= 11 is 5.89. The Morgan fingerprint density at radius 1 is 1.35 bits per heavy atom. The molecular formula is C17H23ClN2O3. The number of benzene rings is 1. The molecule has 0 aromatic heterocycles. The quantitative estimate of drug-likeness (QED) is 0.801. The first-order valence-electron chi connectivity index (χ1n) is 7.96. The SMILES string of the molecule is CN(CCOc1cccc(Cl)c1)C(=O)CN1CCCCCC1=O. The van der Waals surface area contributed by atoms with Crippen LogP contribution in [0.2, 0.25) is 5.02 Å².